The summed E-state index contributed by atoms with van der Waals surface area (Å²) in [7, 11) is -2.17. The summed E-state index contributed by atoms with van der Waals surface area (Å²) < 4.78 is 39.8. The van der Waals surface area contributed by atoms with Crippen molar-refractivity contribution in [2.24, 2.45) is 0 Å². The van der Waals surface area contributed by atoms with Crippen molar-refractivity contribution in [3.05, 3.63) is 75.5 Å². The van der Waals surface area contributed by atoms with E-state index in [1.165, 1.54) is 9.87 Å². The number of methoxy groups -OCH3 is 1. The monoisotopic (exact) mass is 486 g/mol. The van der Waals surface area contributed by atoms with E-state index in [-0.39, 0.29) is 6.54 Å². The third-order valence-corrected chi connectivity index (χ3v) is 8.68. The zero-order valence-electron chi connectivity index (χ0n) is 19.3. The molecule has 1 aromatic heterocycles. The molecule has 33 heavy (non-hydrogen) atoms. The largest absolute Gasteiger partial charge is 0.497 e. The standard InChI is InChI=1S/C25H30N2O4S2/c1-19-4-9-25(20(2)14-19)33(28,29)27(22-5-7-23(30-3)8-6-22)17-24-15-21(18-32-24)16-26-10-12-31-13-11-26/h4-9,14-15,18H,10-13,16-17H2,1-3H3. The fourth-order valence-corrected chi connectivity index (χ4v) is 6.62. The Morgan fingerprint density at radius 2 is 1.79 bits per heavy atom. The van der Waals surface area contributed by atoms with Crippen LogP contribution in [0.5, 0.6) is 5.75 Å². The molecule has 0 N–H and O–H groups in total. The van der Waals surface area contributed by atoms with Crippen LogP contribution < -0.4 is 9.04 Å². The van der Waals surface area contributed by atoms with Gasteiger partial charge in [-0.25, -0.2) is 8.42 Å². The number of rotatable bonds is 8. The summed E-state index contributed by atoms with van der Waals surface area (Å²) in [4.78, 5) is 3.69. The van der Waals surface area contributed by atoms with E-state index in [1.54, 1.807) is 48.8 Å². The third-order valence-electron chi connectivity index (χ3n) is 5.78. The van der Waals surface area contributed by atoms with Crippen molar-refractivity contribution in [1.29, 1.82) is 0 Å². The van der Waals surface area contributed by atoms with Gasteiger partial charge in [-0.05, 0) is 66.8 Å². The molecule has 0 amide bonds. The van der Waals surface area contributed by atoms with Crippen molar-refractivity contribution in [2.45, 2.75) is 31.8 Å². The van der Waals surface area contributed by atoms with Crippen LogP contribution in [0.15, 0.2) is 58.8 Å². The van der Waals surface area contributed by atoms with Crippen molar-refractivity contribution in [3.63, 3.8) is 0 Å². The number of thiophene rings is 1. The highest BCUT2D eigenvalue weighted by Crippen LogP contribution is 2.31. The fraction of sp³-hybridized carbons (Fsp3) is 0.360. The van der Waals surface area contributed by atoms with Crippen LogP contribution in [-0.2, 0) is 27.8 Å². The van der Waals surface area contributed by atoms with Gasteiger partial charge in [0, 0.05) is 24.5 Å². The van der Waals surface area contributed by atoms with Gasteiger partial charge in [0.2, 0.25) is 0 Å². The van der Waals surface area contributed by atoms with Crippen LogP contribution in [0, 0.1) is 13.8 Å². The van der Waals surface area contributed by atoms with Crippen LogP contribution in [0.25, 0.3) is 0 Å². The van der Waals surface area contributed by atoms with E-state index in [1.807, 2.05) is 26.0 Å². The Hall–Kier alpha value is -2.39. The molecular formula is C25H30N2O4S2. The Morgan fingerprint density at radius 3 is 2.45 bits per heavy atom. The Balaban J connectivity index is 1.64. The lowest BCUT2D eigenvalue weighted by molar-refractivity contribution is 0.0342. The van der Waals surface area contributed by atoms with Gasteiger partial charge in [-0.15, -0.1) is 11.3 Å². The first-order valence-electron chi connectivity index (χ1n) is 11.0. The van der Waals surface area contributed by atoms with Gasteiger partial charge in [-0.2, -0.15) is 0 Å². The molecule has 6 nitrogen and oxygen atoms in total. The molecule has 0 radical (unpaired) electrons. The van der Waals surface area contributed by atoms with Crippen molar-refractivity contribution in [2.75, 3.05) is 37.7 Å². The molecule has 1 fully saturated rings. The van der Waals surface area contributed by atoms with Gasteiger partial charge in [-0.3, -0.25) is 9.21 Å². The van der Waals surface area contributed by atoms with Gasteiger partial charge < -0.3 is 9.47 Å². The second-order valence-electron chi connectivity index (χ2n) is 8.29. The lowest BCUT2D eigenvalue weighted by atomic mass is 10.2. The summed E-state index contributed by atoms with van der Waals surface area (Å²) in [6.45, 7) is 8.30. The predicted octanol–water partition coefficient (Wildman–Crippen LogP) is 4.60. The number of morpholine rings is 1. The van der Waals surface area contributed by atoms with E-state index in [4.69, 9.17) is 9.47 Å². The van der Waals surface area contributed by atoms with E-state index in [0.29, 0.717) is 16.3 Å². The van der Waals surface area contributed by atoms with E-state index in [9.17, 15) is 8.42 Å². The molecule has 8 heteroatoms. The molecule has 1 saturated heterocycles. The number of nitrogens with zero attached hydrogens (tertiary/aromatic N) is 2. The molecule has 1 aliphatic heterocycles. The highest BCUT2D eigenvalue weighted by Gasteiger charge is 2.27. The Morgan fingerprint density at radius 1 is 1.06 bits per heavy atom. The molecule has 0 saturated carbocycles. The summed E-state index contributed by atoms with van der Waals surface area (Å²) in [5.41, 5.74) is 3.59. The topological polar surface area (TPSA) is 59.1 Å². The summed E-state index contributed by atoms with van der Waals surface area (Å²) in [5.74, 6) is 0.687. The molecule has 2 aromatic carbocycles. The molecule has 0 bridgehead atoms. The number of sulfonamides is 1. The number of ether oxygens (including phenoxy) is 2. The predicted molar refractivity (Wildman–Crippen MR) is 133 cm³/mol. The second-order valence-corrected chi connectivity index (χ2v) is 11.1. The average molecular weight is 487 g/mol. The fourth-order valence-electron chi connectivity index (χ4n) is 4.02. The quantitative estimate of drug-likeness (QED) is 0.466. The molecule has 176 valence electrons. The minimum atomic E-state index is -3.77. The highest BCUT2D eigenvalue weighted by molar-refractivity contribution is 7.92. The van der Waals surface area contributed by atoms with Gasteiger partial charge in [0.25, 0.3) is 10.0 Å². The zero-order chi connectivity index (χ0) is 23.4. The lowest BCUT2D eigenvalue weighted by Gasteiger charge is -2.26. The van der Waals surface area contributed by atoms with E-state index in [0.717, 1.165) is 48.9 Å². The van der Waals surface area contributed by atoms with Crippen LogP contribution in [0.1, 0.15) is 21.6 Å². The third kappa shape index (κ3) is 5.58. The first-order valence-corrected chi connectivity index (χ1v) is 13.3. The molecule has 0 unspecified atom stereocenters. The van der Waals surface area contributed by atoms with Gasteiger partial charge >= 0.3 is 0 Å². The maximum absolute atomic E-state index is 13.8. The minimum Gasteiger partial charge on any atom is -0.497 e. The van der Waals surface area contributed by atoms with Gasteiger partial charge in [0.05, 0.1) is 37.5 Å². The number of hydrogen-bond acceptors (Lipinski definition) is 6. The second kappa shape index (κ2) is 10.3. The number of aryl methyl sites for hydroxylation is 2. The first-order chi connectivity index (χ1) is 15.9. The van der Waals surface area contributed by atoms with E-state index >= 15 is 0 Å². The number of hydrogen-bond donors (Lipinski definition) is 0. The SMILES string of the molecule is COc1ccc(N(Cc2cc(CN3CCOCC3)cs2)S(=O)(=O)c2ccc(C)cc2C)cc1. The molecule has 1 aliphatic rings. The molecule has 0 atom stereocenters. The van der Waals surface area contributed by atoms with E-state index in [2.05, 4.69) is 16.3 Å². The van der Waals surface area contributed by atoms with Crippen molar-refractivity contribution in [3.8, 4) is 5.75 Å². The zero-order valence-corrected chi connectivity index (χ0v) is 20.9. The summed E-state index contributed by atoms with van der Waals surface area (Å²) in [5, 5.41) is 2.13. The maximum atomic E-state index is 13.8. The first kappa shape index (κ1) is 23.8. The van der Waals surface area contributed by atoms with Crippen LogP contribution in [0.2, 0.25) is 0 Å². The van der Waals surface area contributed by atoms with Crippen LogP contribution in [-0.4, -0.2) is 46.7 Å². The van der Waals surface area contributed by atoms with Crippen molar-refractivity contribution in [1.82, 2.24) is 4.90 Å². The van der Waals surface area contributed by atoms with Crippen LogP contribution in [0.4, 0.5) is 5.69 Å². The number of benzene rings is 2. The molecular weight excluding hydrogens is 456 g/mol. The van der Waals surface area contributed by atoms with Gasteiger partial charge in [0.1, 0.15) is 5.75 Å². The maximum Gasteiger partial charge on any atom is 0.264 e. The molecule has 4 rings (SSSR count). The summed E-state index contributed by atoms with van der Waals surface area (Å²) in [6.07, 6.45) is 0. The molecule has 0 spiro atoms. The summed E-state index contributed by atoms with van der Waals surface area (Å²) in [6, 6.07) is 14.7. The Labute approximate surface area is 200 Å². The van der Waals surface area contributed by atoms with Gasteiger partial charge in [-0.1, -0.05) is 17.7 Å². The average Bonchev–Trinajstić information content (AvgIpc) is 3.25. The van der Waals surface area contributed by atoms with Crippen molar-refractivity contribution >= 4 is 27.0 Å². The van der Waals surface area contributed by atoms with Crippen LogP contribution >= 0.6 is 11.3 Å². The smallest absolute Gasteiger partial charge is 0.264 e. The van der Waals surface area contributed by atoms with Crippen LogP contribution in [0.3, 0.4) is 0 Å². The lowest BCUT2D eigenvalue weighted by Crippen LogP contribution is -2.35. The van der Waals surface area contributed by atoms with Crippen molar-refractivity contribution < 1.29 is 17.9 Å². The van der Waals surface area contributed by atoms with Gasteiger partial charge in [0.15, 0.2) is 0 Å². The normalized spacial score (nSPS) is 14.9. The minimum absolute atomic E-state index is 0.274. The van der Waals surface area contributed by atoms with E-state index < -0.39 is 10.0 Å². The molecule has 0 aliphatic carbocycles. The summed E-state index contributed by atoms with van der Waals surface area (Å²) >= 11 is 1.60. The highest BCUT2D eigenvalue weighted by atomic mass is 32.2. The Bertz CT molecular complexity index is 1180. The Kier molecular flexibility index (Phi) is 7.38. The molecule has 3 aromatic rings. The molecule has 2 heterocycles. The number of anilines is 1.